The highest BCUT2D eigenvalue weighted by molar-refractivity contribution is 9.10. The van der Waals surface area contributed by atoms with Gasteiger partial charge in [-0.1, -0.05) is 15.9 Å². The third kappa shape index (κ3) is 5.26. The van der Waals surface area contributed by atoms with E-state index in [1.807, 2.05) is 24.0 Å². The zero-order chi connectivity index (χ0) is 19.2. The van der Waals surface area contributed by atoms with Gasteiger partial charge in [0.05, 0.1) is 5.92 Å². The molecule has 1 aromatic carbocycles. The Hall–Kier alpha value is -2.48. The molecule has 1 aromatic heterocycles. The van der Waals surface area contributed by atoms with E-state index in [0.717, 1.165) is 10.0 Å². The summed E-state index contributed by atoms with van der Waals surface area (Å²) in [7, 11) is 0. The quantitative estimate of drug-likeness (QED) is 0.731. The van der Waals surface area contributed by atoms with E-state index >= 15 is 0 Å². The van der Waals surface area contributed by atoms with E-state index < -0.39 is 0 Å². The molecule has 7 nitrogen and oxygen atoms in total. The molecule has 8 heteroatoms. The van der Waals surface area contributed by atoms with Crippen molar-refractivity contribution in [3.05, 3.63) is 46.7 Å². The number of amides is 1. The lowest BCUT2D eigenvalue weighted by Crippen LogP contribution is -2.38. The number of ether oxygens (including phenoxy) is 1. The minimum atomic E-state index is -0.344. The van der Waals surface area contributed by atoms with Crippen LogP contribution in [0.1, 0.15) is 18.4 Å². The molecule has 0 saturated carbocycles. The predicted molar refractivity (Wildman–Crippen MR) is 105 cm³/mol. The molecular weight excluding hydrogens is 412 g/mol. The minimum absolute atomic E-state index is 0.202. The van der Waals surface area contributed by atoms with E-state index in [1.165, 1.54) is 0 Å². The fraction of sp³-hybridized carbons (Fsp3) is 0.368. The van der Waals surface area contributed by atoms with Crippen LogP contribution in [0.5, 0.6) is 0 Å². The van der Waals surface area contributed by atoms with Gasteiger partial charge < -0.3 is 15.0 Å². The standard InChI is InChI=1S/C19H21BrN4O3/c1-13-11-15(20)3-4-16(13)23-17(25)12-27-18(26)14-5-9-24(10-6-14)19-21-7-2-8-22-19/h2-4,7-8,11,14H,5-6,9-10,12H2,1H3,(H,23,25). The monoisotopic (exact) mass is 432 g/mol. The summed E-state index contributed by atoms with van der Waals surface area (Å²) in [6, 6.07) is 7.33. The van der Waals surface area contributed by atoms with Crippen LogP contribution in [0.2, 0.25) is 0 Å². The van der Waals surface area contributed by atoms with Crippen LogP contribution < -0.4 is 10.2 Å². The van der Waals surface area contributed by atoms with Crippen molar-refractivity contribution in [1.29, 1.82) is 0 Å². The van der Waals surface area contributed by atoms with Gasteiger partial charge in [0, 0.05) is 35.6 Å². The van der Waals surface area contributed by atoms with Gasteiger partial charge in [0.15, 0.2) is 6.61 Å². The number of aryl methyl sites for hydroxylation is 1. The summed E-state index contributed by atoms with van der Waals surface area (Å²) >= 11 is 3.38. The topological polar surface area (TPSA) is 84.4 Å². The summed E-state index contributed by atoms with van der Waals surface area (Å²) in [6.45, 7) is 3.00. The Bertz CT molecular complexity index is 808. The maximum atomic E-state index is 12.3. The van der Waals surface area contributed by atoms with Gasteiger partial charge in [0.1, 0.15) is 0 Å². The van der Waals surface area contributed by atoms with Gasteiger partial charge in [-0.15, -0.1) is 0 Å². The smallest absolute Gasteiger partial charge is 0.309 e. The highest BCUT2D eigenvalue weighted by atomic mass is 79.9. The molecule has 1 aliphatic heterocycles. The Morgan fingerprint density at radius 3 is 2.63 bits per heavy atom. The molecule has 1 saturated heterocycles. The number of carbonyl (C=O) groups excluding carboxylic acids is 2. The van der Waals surface area contributed by atoms with Crippen LogP contribution in [-0.2, 0) is 14.3 Å². The van der Waals surface area contributed by atoms with Gasteiger partial charge in [0.2, 0.25) is 5.95 Å². The molecule has 0 spiro atoms. The number of anilines is 2. The third-order valence-electron chi connectivity index (χ3n) is 4.47. The molecule has 0 aliphatic carbocycles. The van der Waals surface area contributed by atoms with E-state index in [9.17, 15) is 9.59 Å². The zero-order valence-electron chi connectivity index (χ0n) is 15.0. The van der Waals surface area contributed by atoms with Gasteiger partial charge in [-0.05, 0) is 49.6 Å². The third-order valence-corrected chi connectivity index (χ3v) is 4.96. The van der Waals surface area contributed by atoms with Crippen molar-refractivity contribution < 1.29 is 14.3 Å². The Balaban J connectivity index is 1.44. The second-order valence-corrected chi connectivity index (χ2v) is 7.34. The largest absolute Gasteiger partial charge is 0.455 e. The zero-order valence-corrected chi connectivity index (χ0v) is 16.6. The molecule has 0 atom stereocenters. The van der Waals surface area contributed by atoms with Crippen LogP contribution in [0, 0.1) is 12.8 Å². The fourth-order valence-electron chi connectivity index (χ4n) is 2.98. The van der Waals surface area contributed by atoms with Crippen molar-refractivity contribution in [3.63, 3.8) is 0 Å². The molecule has 0 bridgehead atoms. The summed E-state index contributed by atoms with van der Waals surface area (Å²) in [5.41, 5.74) is 1.63. The van der Waals surface area contributed by atoms with Crippen LogP contribution in [0.25, 0.3) is 0 Å². The number of esters is 1. The molecule has 27 heavy (non-hydrogen) atoms. The molecule has 0 radical (unpaired) electrons. The van der Waals surface area contributed by atoms with E-state index in [-0.39, 0.29) is 24.4 Å². The number of hydrogen-bond acceptors (Lipinski definition) is 6. The summed E-state index contributed by atoms with van der Waals surface area (Å²) in [5, 5.41) is 2.76. The van der Waals surface area contributed by atoms with Crippen LogP contribution in [0.4, 0.5) is 11.6 Å². The van der Waals surface area contributed by atoms with Crippen LogP contribution in [0.15, 0.2) is 41.1 Å². The van der Waals surface area contributed by atoms with Gasteiger partial charge in [0.25, 0.3) is 5.91 Å². The lowest BCUT2D eigenvalue weighted by Gasteiger charge is -2.30. The number of hydrogen-bond donors (Lipinski definition) is 1. The van der Waals surface area contributed by atoms with Crippen LogP contribution in [-0.4, -0.2) is 41.5 Å². The van der Waals surface area contributed by atoms with Crippen molar-refractivity contribution in [1.82, 2.24) is 9.97 Å². The number of benzene rings is 1. The first kappa shape index (κ1) is 19.3. The predicted octanol–water partition coefficient (Wildman–Crippen LogP) is 2.95. The lowest BCUT2D eigenvalue weighted by atomic mass is 9.97. The molecule has 1 fully saturated rings. The number of carbonyl (C=O) groups is 2. The number of aromatic nitrogens is 2. The highest BCUT2D eigenvalue weighted by Crippen LogP contribution is 2.22. The van der Waals surface area contributed by atoms with Crippen molar-refractivity contribution in [2.75, 3.05) is 29.9 Å². The number of rotatable bonds is 5. The normalized spacial score (nSPS) is 14.7. The van der Waals surface area contributed by atoms with Gasteiger partial charge in [-0.25, -0.2) is 9.97 Å². The molecule has 3 rings (SSSR count). The number of nitrogens with one attached hydrogen (secondary N) is 1. The molecule has 2 heterocycles. The van der Waals surface area contributed by atoms with Crippen LogP contribution in [0.3, 0.4) is 0 Å². The summed E-state index contributed by atoms with van der Waals surface area (Å²) < 4.78 is 6.15. The summed E-state index contributed by atoms with van der Waals surface area (Å²) in [4.78, 5) is 34.8. The number of halogens is 1. The second kappa shape index (κ2) is 8.94. The van der Waals surface area contributed by atoms with E-state index in [1.54, 1.807) is 24.5 Å². The van der Waals surface area contributed by atoms with Crippen molar-refractivity contribution in [3.8, 4) is 0 Å². The molecule has 1 aliphatic rings. The minimum Gasteiger partial charge on any atom is -0.455 e. The molecule has 1 N–H and O–H groups in total. The summed E-state index contributed by atoms with van der Waals surface area (Å²) in [6.07, 6.45) is 4.72. The van der Waals surface area contributed by atoms with Crippen molar-refractivity contribution in [2.45, 2.75) is 19.8 Å². The molecule has 2 aromatic rings. The van der Waals surface area contributed by atoms with Gasteiger partial charge in [-0.3, -0.25) is 9.59 Å². The van der Waals surface area contributed by atoms with E-state index in [0.29, 0.717) is 37.6 Å². The molecule has 1 amide bonds. The summed E-state index contributed by atoms with van der Waals surface area (Å²) in [5.74, 6) is -0.198. The van der Waals surface area contributed by atoms with Gasteiger partial charge >= 0.3 is 5.97 Å². The first-order valence-corrected chi connectivity index (χ1v) is 9.57. The molecule has 142 valence electrons. The lowest BCUT2D eigenvalue weighted by molar-refractivity contribution is -0.152. The average molecular weight is 433 g/mol. The highest BCUT2D eigenvalue weighted by Gasteiger charge is 2.27. The maximum Gasteiger partial charge on any atom is 0.309 e. The second-order valence-electron chi connectivity index (χ2n) is 6.43. The Labute approximate surface area is 166 Å². The van der Waals surface area contributed by atoms with Crippen LogP contribution >= 0.6 is 15.9 Å². The first-order chi connectivity index (χ1) is 13.0. The first-order valence-electron chi connectivity index (χ1n) is 8.77. The Morgan fingerprint density at radius 1 is 1.26 bits per heavy atom. The maximum absolute atomic E-state index is 12.3. The fourth-order valence-corrected chi connectivity index (χ4v) is 3.45. The van der Waals surface area contributed by atoms with Crippen molar-refractivity contribution >= 4 is 39.4 Å². The Morgan fingerprint density at radius 2 is 1.96 bits per heavy atom. The SMILES string of the molecule is Cc1cc(Br)ccc1NC(=O)COC(=O)C1CCN(c2ncccn2)CC1. The number of nitrogens with zero attached hydrogens (tertiary/aromatic N) is 3. The van der Waals surface area contributed by atoms with E-state index in [4.69, 9.17) is 4.74 Å². The van der Waals surface area contributed by atoms with E-state index in [2.05, 4.69) is 31.2 Å². The molecular formula is C19H21BrN4O3. The van der Waals surface area contributed by atoms with Gasteiger partial charge in [-0.2, -0.15) is 0 Å². The average Bonchev–Trinajstić information content (AvgIpc) is 2.69. The Kier molecular flexibility index (Phi) is 6.39. The van der Waals surface area contributed by atoms with Crippen molar-refractivity contribution in [2.24, 2.45) is 5.92 Å². The number of piperidine rings is 1. The molecule has 0 unspecified atom stereocenters.